The Balaban J connectivity index is 1.36. The first kappa shape index (κ1) is 19.7. The molecule has 4 rings (SSSR count). The number of halogens is 2. The molecular formula is C24H22ClFN2O. The number of nitrogens with zero attached hydrogens (tertiary/aromatic N) is 2. The summed E-state index contributed by atoms with van der Waals surface area (Å²) in [5.41, 5.74) is 3.92. The van der Waals surface area contributed by atoms with Crippen molar-refractivity contribution in [3.63, 3.8) is 0 Å². The minimum absolute atomic E-state index is 0.00948. The topological polar surface area (TPSA) is 33.2 Å². The first-order valence-corrected chi connectivity index (χ1v) is 10.2. The molecule has 2 heterocycles. The zero-order chi connectivity index (χ0) is 20.2. The Morgan fingerprint density at radius 1 is 1.00 bits per heavy atom. The molecule has 0 atom stereocenters. The van der Waals surface area contributed by atoms with Crippen molar-refractivity contribution in [2.75, 3.05) is 13.1 Å². The molecule has 5 heteroatoms. The van der Waals surface area contributed by atoms with Crippen LogP contribution in [0.2, 0.25) is 5.02 Å². The van der Waals surface area contributed by atoms with Crippen molar-refractivity contribution in [2.45, 2.75) is 19.4 Å². The van der Waals surface area contributed by atoms with E-state index in [1.165, 1.54) is 12.1 Å². The van der Waals surface area contributed by atoms with Crippen LogP contribution < -0.4 is 0 Å². The van der Waals surface area contributed by atoms with Gasteiger partial charge in [0.25, 0.3) is 0 Å². The molecule has 29 heavy (non-hydrogen) atoms. The maximum Gasteiger partial charge on any atom is 0.166 e. The van der Waals surface area contributed by atoms with E-state index in [1.807, 2.05) is 36.7 Å². The Labute approximate surface area is 175 Å². The molecule has 0 N–H and O–H groups in total. The molecule has 0 aliphatic carbocycles. The molecule has 1 saturated heterocycles. The van der Waals surface area contributed by atoms with Crippen molar-refractivity contribution in [2.24, 2.45) is 5.92 Å². The van der Waals surface area contributed by atoms with Crippen molar-refractivity contribution >= 4 is 17.4 Å². The standard InChI is InChI=1S/C24H22ClFN2O/c25-22-5-1-18(2-6-22)21-13-17(14-27-15-21)16-28-11-9-20(10-12-28)24(29)19-3-7-23(26)8-4-19/h1-8,13-15,20H,9-12,16H2. The lowest BCUT2D eigenvalue weighted by atomic mass is 9.88. The molecule has 3 nitrogen and oxygen atoms in total. The summed E-state index contributed by atoms with van der Waals surface area (Å²) in [4.78, 5) is 19.4. The minimum atomic E-state index is -0.314. The SMILES string of the molecule is O=C(c1ccc(F)cc1)C1CCN(Cc2cncc(-c3ccc(Cl)cc3)c2)CC1. The Hall–Kier alpha value is -2.56. The van der Waals surface area contributed by atoms with Gasteiger partial charge in [-0.15, -0.1) is 0 Å². The summed E-state index contributed by atoms with van der Waals surface area (Å²) >= 11 is 5.98. The Morgan fingerprint density at radius 3 is 2.38 bits per heavy atom. The molecule has 2 aromatic carbocycles. The zero-order valence-corrected chi connectivity index (χ0v) is 16.8. The van der Waals surface area contributed by atoms with Crippen molar-refractivity contribution < 1.29 is 9.18 Å². The molecule has 1 aromatic heterocycles. The van der Waals surface area contributed by atoms with Gasteiger partial charge in [0.15, 0.2) is 5.78 Å². The van der Waals surface area contributed by atoms with Crippen LogP contribution in [-0.4, -0.2) is 28.8 Å². The first-order chi connectivity index (χ1) is 14.1. The van der Waals surface area contributed by atoms with E-state index in [0.29, 0.717) is 5.56 Å². The number of hydrogen-bond acceptors (Lipinski definition) is 3. The minimum Gasteiger partial charge on any atom is -0.299 e. The van der Waals surface area contributed by atoms with E-state index in [0.717, 1.165) is 54.2 Å². The van der Waals surface area contributed by atoms with Gasteiger partial charge in [0.05, 0.1) is 0 Å². The molecule has 0 bridgehead atoms. The molecule has 1 fully saturated rings. The van der Waals surface area contributed by atoms with Gasteiger partial charge < -0.3 is 0 Å². The van der Waals surface area contributed by atoms with Crippen LogP contribution >= 0.6 is 11.6 Å². The molecule has 3 aromatic rings. The van der Waals surface area contributed by atoms with E-state index < -0.39 is 0 Å². The molecule has 0 spiro atoms. The van der Waals surface area contributed by atoms with Gasteiger partial charge in [0, 0.05) is 41.0 Å². The predicted octanol–water partition coefficient (Wildman–Crippen LogP) is 5.64. The first-order valence-electron chi connectivity index (χ1n) is 9.80. The molecular weight excluding hydrogens is 387 g/mol. The predicted molar refractivity (Wildman–Crippen MR) is 113 cm³/mol. The van der Waals surface area contributed by atoms with Gasteiger partial charge in [-0.05, 0) is 79.5 Å². The fraction of sp³-hybridized carbons (Fsp3) is 0.250. The maximum atomic E-state index is 13.1. The average Bonchev–Trinajstić information content (AvgIpc) is 2.75. The largest absolute Gasteiger partial charge is 0.299 e. The zero-order valence-electron chi connectivity index (χ0n) is 16.0. The van der Waals surface area contributed by atoms with Crippen LogP contribution in [0.3, 0.4) is 0 Å². The summed E-state index contributed by atoms with van der Waals surface area (Å²) in [5.74, 6) is -0.183. The van der Waals surface area contributed by atoms with Crippen LogP contribution in [0.15, 0.2) is 67.0 Å². The summed E-state index contributed by atoms with van der Waals surface area (Å²) in [6, 6.07) is 15.8. The lowest BCUT2D eigenvalue weighted by molar-refractivity contribution is 0.0834. The van der Waals surface area contributed by atoms with E-state index in [9.17, 15) is 9.18 Å². The van der Waals surface area contributed by atoms with E-state index >= 15 is 0 Å². The van der Waals surface area contributed by atoms with Gasteiger partial charge in [0.1, 0.15) is 5.82 Å². The monoisotopic (exact) mass is 408 g/mol. The smallest absolute Gasteiger partial charge is 0.166 e. The fourth-order valence-electron chi connectivity index (χ4n) is 3.84. The number of pyridine rings is 1. The van der Waals surface area contributed by atoms with E-state index in [1.54, 1.807) is 12.1 Å². The van der Waals surface area contributed by atoms with E-state index in [4.69, 9.17) is 11.6 Å². The summed E-state index contributed by atoms with van der Waals surface area (Å²) in [5, 5.41) is 0.718. The summed E-state index contributed by atoms with van der Waals surface area (Å²) in [6.07, 6.45) is 5.40. The third-order valence-electron chi connectivity index (χ3n) is 5.47. The highest BCUT2D eigenvalue weighted by molar-refractivity contribution is 6.30. The third-order valence-corrected chi connectivity index (χ3v) is 5.72. The second-order valence-corrected chi connectivity index (χ2v) is 7.95. The average molecular weight is 409 g/mol. The number of carbonyl (C=O) groups excluding carboxylic acids is 1. The van der Waals surface area contributed by atoms with Crippen LogP contribution in [0, 0.1) is 11.7 Å². The highest BCUT2D eigenvalue weighted by Crippen LogP contribution is 2.25. The van der Waals surface area contributed by atoms with Crippen molar-refractivity contribution in [3.05, 3.63) is 89.0 Å². The fourth-order valence-corrected chi connectivity index (χ4v) is 3.96. The number of piperidine rings is 1. The number of benzene rings is 2. The highest BCUT2D eigenvalue weighted by atomic mass is 35.5. The number of likely N-dealkylation sites (tertiary alicyclic amines) is 1. The second kappa shape index (κ2) is 8.85. The maximum absolute atomic E-state index is 13.1. The van der Waals surface area contributed by atoms with Gasteiger partial charge in [-0.25, -0.2) is 4.39 Å². The van der Waals surface area contributed by atoms with Crippen LogP contribution in [0.1, 0.15) is 28.8 Å². The molecule has 148 valence electrons. The quantitative estimate of drug-likeness (QED) is 0.512. The van der Waals surface area contributed by atoms with E-state index in [-0.39, 0.29) is 17.5 Å². The van der Waals surface area contributed by atoms with Crippen LogP contribution in [-0.2, 0) is 6.54 Å². The van der Waals surface area contributed by atoms with Crippen LogP contribution in [0.5, 0.6) is 0 Å². The molecule has 1 aliphatic heterocycles. The Kier molecular flexibility index (Phi) is 6.02. The molecule has 1 aliphatic rings. The molecule has 0 unspecified atom stereocenters. The van der Waals surface area contributed by atoms with Gasteiger partial charge in [-0.3, -0.25) is 14.7 Å². The molecule has 0 saturated carbocycles. The van der Waals surface area contributed by atoms with Gasteiger partial charge >= 0.3 is 0 Å². The number of ketones is 1. The normalized spacial score (nSPS) is 15.4. The lowest BCUT2D eigenvalue weighted by Crippen LogP contribution is -2.36. The van der Waals surface area contributed by atoms with Crippen LogP contribution in [0.4, 0.5) is 4.39 Å². The number of Topliss-reactive ketones (excluding diaryl/α,β-unsaturated/α-hetero) is 1. The third kappa shape index (κ3) is 4.89. The summed E-state index contributed by atoms with van der Waals surface area (Å²) in [7, 11) is 0. The van der Waals surface area contributed by atoms with Gasteiger partial charge in [-0.1, -0.05) is 23.7 Å². The number of rotatable bonds is 5. The van der Waals surface area contributed by atoms with Crippen molar-refractivity contribution in [1.29, 1.82) is 0 Å². The lowest BCUT2D eigenvalue weighted by Gasteiger charge is -2.31. The highest BCUT2D eigenvalue weighted by Gasteiger charge is 2.25. The number of hydrogen-bond donors (Lipinski definition) is 0. The Morgan fingerprint density at radius 2 is 1.69 bits per heavy atom. The molecule has 0 amide bonds. The Bertz CT molecular complexity index is 981. The number of carbonyl (C=O) groups is 1. The van der Waals surface area contributed by atoms with Crippen molar-refractivity contribution in [1.82, 2.24) is 9.88 Å². The number of aromatic nitrogens is 1. The molecule has 0 radical (unpaired) electrons. The van der Waals surface area contributed by atoms with E-state index in [2.05, 4.69) is 16.0 Å². The van der Waals surface area contributed by atoms with Crippen molar-refractivity contribution in [3.8, 4) is 11.1 Å². The summed E-state index contributed by atoms with van der Waals surface area (Å²) in [6.45, 7) is 2.54. The van der Waals surface area contributed by atoms with Gasteiger partial charge in [0.2, 0.25) is 0 Å². The summed E-state index contributed by atoms with van der Waals surface area (Å²) < 4.78 is 13.1. The van der Waals surface area contributed by atoms with Crippen LogP contribution in [0.25, 0.3) is 11.1 Å². The van der Waals surface area contributed by atoms with Gasteiger partial charge in [-0.2, -0.15) is 0 Å². The second-order valence-electron chi connectivity index (χ2n) is 7.51.